The third-order valence-corrected chi connectivity index (χ3v) is 4.41. The largest absolute Gasteiger partial charge is 0.495 e. The molecule has 0 saturated carbocycles. The predicted molar refractivity (Wildman–Crippen MR) is 98.2 cm³/mol. The molecule has 2 aromatic carbocycles. The molecule has 2 aromatic rings. The van der Waals surface area contributed by atoms with Gasteiger partial charge in [0.15, 0.2) is 4.98 Å². The molecule has 6 nitrogen and oxygen atoms in total. The molecule has 0 saturated heterocycles. The highest BCUT2D eigenvalue weighted by atomic mass is 32.2. The van der Waals surface area contributed by atoms with Crippen LogP contribution in [0.1, 0.15) is 12.5 Å². The second-order valence-corrected chi connectivity index (χ2v) is 6.31. The number of diazo groups is 1. The number of esters is 1. The first-order valence-electron chi connectivity index (χ1n) is 7.78. The van der Waals surface area contributed by atoms with E-state index in [2.05, 4.69) is 10.3 Å². The van der Waals surface area contributed by atoms with Crippen molar-refractivity contribution in [2.45, 2.75) is 23.6 Å². The number of nitrogens with zero attached hydrogens (tertiary/aromatic N) is 2. The van der Waals surface area contributed by atoms with Gasteiger partial charge in [-0.1, -0.05) is 29.5 Å². The first-order valence-corrected chi connectivity index (χ1v) is 8.60. The molecule has 0 aliphatic rings. The topological polar surface area (TPSA) is 75.7 Å². The molecular formula is C18H20N3O3S+. The summed E-state index contributed by atoms with van der Waals surface area (Å²) >= 11 is 1.52. The second-order valence-electron chi connectivity index (χ2n) is 5.19. The number of carbonyl (C=O) groups is 1. The maximum absolute atomic E-state index is 11.5. The minimum Gasteiger partial charge on any atom is -0.495 e. The number of anilines is 1. The molecule has 7 heteroatoms. The fourth-order valence-electron chi connectivity index (χ4n) is 2.13. The van der Waals surface area contributed by atoms with E-state index in [0.717, 1.165) is 9.79 Å². The number of nitrogens with one attached hydrogen (secondary N) is 1. The highest BCUT2D eigenvalue weighted by molar-refractivity contribution is 7.99. The first kappa shape index (κ1) is 18.6. The van der Waals surface area contributed by atoms with Crippen LogP contribution >= 0.6 is 11.8 Å². The molecule has 130 valence electrons. The van der Waals surface area contributed by atoms with Crippen molar-refractivity contribution >= 4 is 29.1 Å². The molecule has 0 aliphatic heterocycles. The molecule has 25 heavy (non-hydrogen) atoms. The van der Waals surface area contributed by atoms with Crippen LogP contribution in [0.3, 0.4) is 0 Å². The van der Waals surface area contributed by atoms with Crippen molar-refractivity contribution in [3.63, 3.8) is 0 Å². The third-order valence-electron chi connectivity index (χ3n) is 3.37. The Bertz CT molecular complexity index is 785. The molecule has 0 heterocycles. The van der Waals surface area contributed by atoms with Gasteiger partial charge >= 0.3 is 11.7 Å². The lowest BCUT2D eigenvalue weighted by Gasteiger charge is -2.10. The van der Waals surface area contributed by atoms with Crippen molar-refractivity contribution in [2.75, 3.05) is 25.6 Å². The Labute approximate surface area is 151 Å². The Morgan fingerprint density at radius 1 is 1.28 bits per heavy atom. The quantitative estimate of drug-likeness (QED) is 0.575. The molecule has 0 unspecified atom stereocenters. The molecule has 0 aliphatic carbocycles. The lowest BCUT2D eigenvalue weighted by molar-refractivity contribution is -0.140. The Morgan fingerprint density at radius 3 is 2.60 bits per heavy atom. The lowest BCUT2D eigenvalue weighted by atomic mass is 10.2. The van der Waals surface area contributed by atoms with Crippen LogP contribution in [0, 0.1) is 12.3 Å². The average molecular weight is 358 g/mol. The molecular weight excluding hydrogens is 338 g/mol. The highest BCUT2D eigenvalue weighted by Gasteiger charge is 2.20. The summed E-state index contributed by atoms with van der Waals surface area (Å²) in [7, 11) is 1.56. The van der Waals surface area contributed by atoms with E-state index in [4.69, 9.17) is 9.47 Å². The Balaban J connectivity index is 2.28. The van der Waals surface area contributed by atoms with Gasteiger partial charge in [0, 0.05) is 4.90 Å². The van der Waals surface area contributed by atoms with E-state index in [1.807, 2.05) is 31.2 Å². The normalized spacial score (nSPS) is 10.0. The fourth-order valence-corrected chi connectivity index (χ4v) is 3.07. The molecule has 0 spiro atoms. The molecule has 0 bridgehead atoms. The third kappa shape index (κ3) is 5.13. The van der Waals surface area contributed by atoms with Crippen LogP contribution in [-0.2, 0) is 9.53 Å². The van der Waals surface area contributed by atoms with E-state index in [1.54, 1.807) is 26.2 Å². The molecule has 0 atom stereocenters. The van der Waals surface area contributed by atoms with Crippen LogP contribution < -0.4 is 10.1 Å². The summed E-state index contributed by atoms with van der Waals surface area (Å²) in [5.41, 5.74) is 1.99. The maximum Gasteiger partial charge on any atom is 0.411 e. The van der Waals surface area contributed by atoms with Gasteiger partial charge < -0.3 is 14.8 Å². The Morgan fingerprint density at radius 2 is 2.00 bits per heavy atom. The van der Waals surface area contributed by atoms with E-state index < -0.39 is 0 Å². The number of carbonyl (C=O) groups excluding carboxylic acids is 1. The SMILES string of the molecule is CCOC(=O)CNc1cc(Sc2ccc(C)cc2)c(OC)cc1[N+]#N. The molecule has 0 radical (unpaired) electrons. The minimum absolute atomic E-state index is 0.0165. The number of hydrogen-bond acceptors (Lipinski definition) is 6. The summed E-state index contributed by atoms with van der Waals surface area (Å²) in [6.45, 7) is 4.08. The number of benzene rings is 2. The zero-order valence-corrected chi connectivity index (χ0v) is 15.2. The van der Waals surface area contributed by atoms with Crippen LogP contribution in [0.2, 0.25) is 0 Å². The van der Waals surface area contributed by atoms with Gasteiger partial charge in [0.25, 0.3) is 0 Å². The van der Waals surface area contributed by atoms with Gasteiger partial charge in [-0.25, -0.2) is 0 Å². The summed E-state index contributed by atoms with van der Waals surface area (Å²) in [4.78, 5) is 16.7. The van der Waals surface area contributed by atoms with E-state index in [-0.39, 0.29) is 18.2 Å². The van der Waals surface area contributed by atoms with Gasteiger partial charge in [-0.2, -0.15) is 0 Å². The van der Waals surface area contributed by atoms with Crippen LogP contribution in [0.5, 0.6) is 5.75 Å². The van der Waals surface area contributed by atoms with Crippen LogP contribution in [0.15, 0.2) is 46.2 Å². The molecule has 0 aromatic heterocycles. The van der Waals surface area contributed by atoms with Crippen molar-refractivity contribution in [3.05, 3.63) is 46.9 Å². The van der Waals surface area contributed by atoms with Gasteiger partial charge in [-0.05, 0) is 32.0 Å². The van der Waals surface area contributed by atoms with E-state index in [0.29, 0.717) is 18.0 Å². The predicted octanol–water partition coefficient (Wildman–Crippen LogP) is 4.61. The van der Waals surface area contributed by atoms with Crippen LogP contribution in [0.4, 0.5) is 11.4 Å². The molecule has 0 fully saturated rings. The highest BCUT2D eigenvalue weighted by Crippen LogP contribution is 2.41. The second kappa shape index (κ2) is 8.94. The monoisotopic (exact) mass is 358 g/mol. The van der Waals surface area contributed by atoms with Crippen LogP contribution in [-0.4, -0.2) is 26.2 Å². The van der Waals surface area contributed by atoms with Crippen molar-refractivity contribution in [3.8, 4) is 5.75 Å². The molecule has 0 amide bonds. The van der Waals surface area contributed by atoms with E-state index >= 15 is 0 Å². The zero-order chi connectivity index (χ0) is 18.2. The van der Waals surface area contributed by atoms with Crippen molar-refractivity contribution in [1.29, 1.82) is 5.39 Å². The molecule has 2 rings (SSSR count). The summed E-state index contributed by atoms with van der Waals surface area (Å²) < 4.78 is 10.3. The van der Waals surface area contributed by atoms with Crippen molar-refractivity contribution in [1.82, 2.24) is 0 Å². The van der Waals surface area contributed by atoms with E-state index in [9.17, 15) is 10.2 Å². The van der Waals surface area contributed by atoms with Gasteiger partial charge in [-0.3, -0.25) is 4.79 Å². The lowest BCUT2D eigenvalue weighted by Crippen LogP contribution is -2.16. The number of aryl methyl sites for hydroxylation is 1. The van der Waals surface area contributed by atoms with Crippen LogP contribution in [0.25, 0.3) is 4.98 Å². The van der Waals surface area contributed by atoms with E-state index in [1.165, 1.54) is 17.3 Å². The smallest absolute Gasteiger partial charge is 0.411 e. The van der Waals surface area contributed by atoms with Gasteiger partial charge in [0.2, 0.25) is 5.39 Å². The van der Waals surface area contributed by atoms with Gasteiger partial charge in [0.05, 0.1) is 24.7 Å². The number of hydrogen-bond donors (Lipinski definition) is 1. The summed E-state index contributed by atoms with van der Waals surface area (Å²) in [5, 5.41) is 12.2. The fraction of sp³-hybridized carbons (Fsp3) is 0.278. The maximum atomic E-state index is 11.5. The first-order chi connectivity index (χ1) is 12.1. The summed E-state index contributed by atoms with van der Waals surface area (Å²) in [6.07, 6.45) is 0. The number of rotatable bonds is 7. The Kier molecular flexibility index (Phi) is 6.66. The zero-order valence-electron chi connectivity index (χ0n) is 14.4. The standard InChI is InChI=1S/C18H20N3O3S/c1-4-24-18(22)11-20-14-10-17(16(23-3)9-15(14)21-19)25-13-7-5-12(2)6-8-13/h5-10,20H,4,11H2,1-3H3/q+1. The number of ether oxygens (including phenoxy) is 2. The summed E-state index contributed by atoms with van der Waals surface area (Å²) in [5.74, 6) is 0.204. The molecule has 1 N–H and O–H groups in total. The Hall–Kier alpha value is -2.72. The van der Waals surface area contributed by atoms with Crippen molar-refractivity contribution in [2.24, 2.45) is 0 Å². The van der Waals surface area contributed by atoms with Crippen molar-refractivity contribution < 1.29 is 14.3 Å². The summed E-state index contributed by atoms with van der Waals surface area (Å²) in [6, 6.07) is 11.5. The van der Waals surface area contributed by atoms with Gasteiger partial charge in [-0.15, -0.1) is 0 Å². The number of methoxy groups -OCH3 is 1. The van der Waals surface area contributed by atoms with Gasteiger partial charge in [0.1, 0.15) is 18.0 Å². The minimum atomic E-state index is -0.380. The average Bonchev–Trinajstić information content (AvgIpc) is 2.62.